The Bertz CT molecular complexity index is 690. The largest absolute Gasteiger partial charge is 0.349 e. The highest BCUT2D eigenvalue weighted by atomic mass is 32.2. The van der Waals surface area contributed by atoms with E-state index in [9.17, 15) is 13.2 Å². The van der Waals surface area contributed by atoms with Crippen LogP contribution in [-0.4, -0.2) is 25.8 Å². The quantitative estimate of drug-likeness (QED) is 0.859. The van der Waals surface area contributed by atoms with Crippen molar-refractivity contribution in [2.45, 2.75) is 45.6 Å². The number of amides is 1. The summed E-state index contributed by atoms with van der Waals surface area (Å²) >= 11 is 0. The zero-order chi connectivity index (χ0) is 17.3. The minimum absolute atomic E-state index is 0.00352. The van der Waals surface area contributed by atoms with E-state index in [4.69, 9.17) is 0 Å². The molecule has 1 aromatic rings. The molecule has 2 fully saturated rings. The zero-order valence-corrected chi connectivity index (χ0v) is 15.3. The molecule has 1 saturated carbocycles. The van der Waals surface area contributed by atoms with Gasteiger partial charge in [0.2, 0.25) is 5.91 Å². The van der Waals surface area contributed by atoms with Gasteiger partial charge < -0.3 is 5.32 Å². The van der Waals surface area contributed by atoms with Gasteiger partial charge in [-0.05, 0) is 48.6 Å². The van der Waals surface area contributed by atoms with E-state index in [1.165, 1.54) is 5.56 Å². The lowest BCUT2D eigenvalue weighted by molar-refractivity contribution is -0.125. The van der Waals surface area contributed by atoms with Crippen molar-refractivity contribution >= 4 is 15.7 Å². The summed E-state index contributed by atoms with van der Waals surface area (Å²) in [6.45, 7) is 4.41. The second-order valence-electron chi connectivity index (χ2n) is 7.76. The molecule has 0 bridgehead atoms. The van der Waals surface area contributed by atoms with E-state index in [0.29, 0.717) is 18.3 Å². The minimum Gasteiger partial charge on any atom is -0.349 e. The standard InChI is InChI=1S/C19H27NO3S/c1-13(2)11-14-3-5-15(6-4-14)18(16-7-8-16)20-19(21)17-9-10-24(22,23)12-17/h3-6,13,16-18H,7-12H2,1-2H3,(H,20,21)/t17-,18+/m0/s1. The smallest absolute Gasteiger partial charge is 0.224 e. The summed E-state index contributed by atoms with van der Waals surface area (Å²) in [5.74, 6) is 0.782. The highest BCUT2D eigenvalue weighted by Crippen LogP contribution is 2.41. The molecule has 1 saturated heterocycles. The average Bonchev–Trinajstić information content (AvgIpc) is 3.28. The normalized spacial score (nSPS) is 24.0. The Balaban J connectivity index is 1.68. The highest BCUT2D eigenvalue weighted by molar-refractivity contribution is 7.91. The first kappa shape index (κ1) is 17.5. The lowest BCUT2D eigenvalue weighted by Gasteiger charge is -2.21. The summed E-state index contributed by atoms with van der Waals surface area (Å²) in [6.07, 6.45) is 3.77. The molecule has 0 radical (unpaired) electrons. The van der Waals surface area contributed by atoms with E-state index >= 15 is 0 Å². The van der Waals surface area contributed by atoms with Crippen molar-refractivity contribution in [3.05, 3.63) is 35.4 Å². The van der Waals surface area contributed by atoms with E-state index in [-0.39, 0.29) is 29.4 Å². The van der Waals surface area contributed by atoms with Crippen molar-refractivity contribution in [3.8, 4) is 0 Å². The number of hydrogen-bond donors (Lipinski definition) is 1. The van der Waals surface area contributed by atoms with Crippen LogP contribution in [0.3, 0.4) is 0 Å². The number of carbonyl (C=O) groups excluding carboxylic acids is 1. The fourth-order valence-electron chi connectivity index (χ4n) is 3.51. The molecule has 0 spiro atoms. The van der Waals surface area contributed by atoms with Crippen LogP contribution >= 0.6 is 0 Å². The molecule has 5 heteroatoms. The fraction of sp³-hybridized carbons (Fsp3) is 0.632. The van der Waals surface area contributed by atoms with Gasteiger partial charge in [-0.2, -0.15) is 0 Å². The van der Waals surface area contributed by atoms with Crippen LogP contribution in [0.25, 0.3) is 0 Å². The zero-order valence-electron chi connectivity index (χ0n) is 14.5. The van der Waals surface area contributed by atoms with Gasteiger partial charge in [0, 0.05) is 0 Å². The number of benzene rings is 1. The van der Waals surface area contributed by atoms with Crippen molar-refractivity contribution < 1.29 is 13.2 Å². The first-order valence-electron chi connectivity index (χ1n) is 8.94. The van der Waals surface area contributed by atoms with Gasteiger partial charge in [-0.3, -0.25) is 4.79 Å². The molecule has 2 atom stereocenters. The van der Waals surface area contributed by atoms with Gasteiger partial charge in [0.15, 0.2) is 9.84 Å². The monoisotopic (exact) mass is 349 g/mol. The van der Waals surface area contributed by atoms with E-state index in [1.807, 2.05) is 0 Å². The van der Waals surface area contributed by atoms with E-state index in [1.54, 1.807) is 0 Å². The molecule has 4 nitrogen and oxygen atoms in total. The van der Waals surface area contributed by atoms with Crippen LogP contribution in [0.4, 0.5) is 0 Å². The molecule has 0 aromatic heterocycles. The van der Waals surface area contributed by atoms with Crippen LogP contribution < -0.4 is 5.32 Å². The molecular formula is C19H27NO3S. The number of nitrogens with one attached hydrogen (secondary N) is 1. The van der Waals surface area contributed by atoms with Crippen molar-refractivity contribution in [1.29, 1.82) is 0 Å². The Labute approximate surface area is 145 Å². The van der Waals surface area contributed by atoms with Crippen LogP contribution in [0.1, 0.15) is 50.3 Å². The summed E-state index contributed by atoms with van der Waals surface area (Å²) < 4.78 is 23.2. The first-order chi connectivity index (χ1) is 11.3. The Morgan fingerprint density at radius 1 is 1.17 bits per heavy atom. The summed E-state index contributed by atoms with van der Waals surface area (Å²) in [5, 5.41) is 3.13. The Hall–Kier alpha value is -1.36. The van der Waals surface area contributed by atoms with Crippen LogP contribution in [0, 0.1) is 17.8 Å². The van der Waals surface area contributed by atoms with Gasteiger partial charge in [0.25, 0.3) is 0 Å². The molecular weight excluding hydrogens is 322 g/mol. The lowest BCUT2D eigenvalue weighted by Crippen LogP contribution is -2.35. The van der Waals surface area contributed by atoms with Crippen LogP contribution in [-0.2, 0) is 21.1 Å². The van der Waals surface area contributed by atoms with Crippen LogP contribution in [0.2, 0.25) is 0 Å². The van der Waals surface area contributed by atoms with Gasteiger partial charge in [-0.1, -0.05) is 38.1 Å². The number of hydrogen-bond acceptors (Lipinski definition) is 3. The van der Waals surface area contributed by atoms with Gasteiger partial charge >= 0.3 is 0 Å². The molecule has 1 N–H and O–H groups in total. The molecule has 3 rings (SSSR count). The topological polar surface area (TPSA) is 63.2 Å². The molecule has 1 aliphatic heterocycles. The number of rotatable bonds is 6. The maximum Gasteiger partial charge on any atom is 0.224 e. The third-order valence-corrected chi connectivity index (χ3v) is 6.75. The maximum absolute atomic E-state index is 12.5. The molecule has 0 unspecified atom stereocenters. The molecule has 1 aromatic carbocycles. The minimum atomic E-state index is -3.02. The Morgan fingerprint density at radius 3 is 2.33 bits per heavy atom. The second-order valence-corrected chi connectivity index (χ2v) is 9.99. The molecule has 1 aliphatic carbocycles. The summed E-state index contributed by atoms with van der Waals surface area (Å²) in [4.78, 5) is 12.5. The van der Waals surface area contributed by atoms with Gasteiger partial charge in [0.1, 0.15) is 0 Å². The molecule has 132 valence electrons. The molecule has 1 heterocycles. The van der Waals surface area contributed by atoms with Crippen molar-refractivity contribution in [3.63, 3.8) is 0 Å². The Morgan fingerprint density at radius 2 is 1.83 bits per heavy atom. The van der Waals surface area contributed by atoms with Crippen LogP contribution in [0.5, 0.6) is 0 Å². The predicted molar refractivity (Wildman–Crippen MR) is 95.4 cm³/mol. The van der Waals surface area contributed by atoms with E-state index < -0.39 is 9.84 Å². The summed E-state index contributed by atoms with van der Waals surface area (Å²) in [7, 11) is -3.02. The fourth-order valence-corrected chi connectivity index (χ4v) is 5.25. The molecule has 24 heavy (non-hydrogen) atoms. The lowest BCUT2D eigenvalue weighted by atomic mass is 9.97. The second kappa shape index (κ2) is 6.87. The third kappa shape index (κ3) is 4.38. The average molecular weight is 349 g/mol. The van der Waals surface area contributed by atoms with Crippen molar-refractivity contribution in [2.75, 3.05) is 11.5 Å². The number of carbonyl (C=O) groups is 1. The number of sulfone groups is 1. The Kier molecular flexibility index (Phi) is 5.00. The summed E-state index contributed by atoms with van der Waals surface area (Å²) in [6, 6.07) is 8.56. The van der Waals surface area contributed by atoms with Gasteiger partial charge in [-0.25, -0.2) is 8.42 Å². The van der Waals surface area contributed by atoms with Gasteiger partial charge in [-0.15, -0.1) is 0 Å². The van der Waals surface area contributed by atoms with Crippen LogP contribution in [0.15, 0.2) is 24.3 Å². The first-order valence-corrected chi connectivity index (χ1v) is 10.8. The molecule has 2 aliphatic rings. The van der Waals surface area contributed by atoms with E-state index in [0.717, 1.165) is 24.8 Å². The highest BCUT2D eigenvalue weighted by Gasteiger charge is 2.37. The predicted octanol–water partition coefficient (Wildman–Crippen LogP) is 2.89. The SMILES string of the molecule is CC(C)Cc1ccc([C@@H](NC(=O)[C@H]2CCS(=O)(=O)C2)C2CC2)cc1. The van der Waals surface area contributed by atoms with Crippen molar-refractivity contribution in [1.82, 2.24) is 5.32 Å². The molecule has 1 amide bonds. The third-order valence-electron chi connectivity index (χ3n) is 4.98. The van der Waals surface area contributed by atoms with E-state index in [2.05, 4.69) is 43.4 Å². The van der Waals surface area contributed by atoms with Crippen molar-refractivity contribution in [2.24, 2.45) is 17.8 Å². The maximum atomic E-state index is 12.5. The summed E-state index contributed by atoms with van der Waals surface area (Å²) in [5.41, 5.74) is 2.45. The van der Waals surface area contributed by atoms with Gasteiger partial charge in [0.05, 0.1) is 23.5 Å².